The number of thioether (sulfide) groups is 1. The van der Waals surface area contributed by atoms with Crippen molar-refractivity contribution in [3.63, 3.8) is 0 Å². The third-order valence-electron chi connectivity index (χ3n) is 4.78. The molecule has 1 fully saturated rings. The Hall–Kier alpha value is -2.00. The molecule has 1 N–H and O–H groups in total. The fraction of sp³-hybridized carbons (Fsp3) is 0.526. The highest BCUT2D eigenvalue weighted by molar-refractivity contribution is 8.01. The maximum atomic E-state index is 12.9. The first-order chi connectivity index (χ1) is 13.7. The lowest BCUT2D eigenvalue weighted by molar-refractivity contribution is -0.129. The molecule has 0 aliphatic carbocycles. The second kappa shape index (κ2) is 9.00. The third-order valence-corrected chi connectivity index (χ3v) is 6.78. The summed E-state index contributed by atoms with van der Waals surface area (Å²) < 4.78 is 12.4. The fourth-order valence-corrected chi connectivity index (χ4v) is 5.20. The van der Waals surface area contributed by atoms with E-state index in [0.29, 0.717) is 19.0 Å². The van der Waals surface area contributed by atoms with E-state index in [4.69, 9.17) is 9.47 Å². The van der Waals surface area contributed by atoms with Crippen LogP contribution in [0.4, 0.5) is 5.13 Å². The lowest BCUT2D eigenvalue weighted by atomic mass is 10.0. The minimum atomic E-state index is 0.0944. The molecule has 7 nitrogen and oxygen atoms in total. The quantitative estimate of drug-likeness (QED) is 0.716. The molecule has 1 aromatic carbocycles. The molecule has 2 aliphatic heterocycles. The first-order valence-corrected chi connectivity index (χ1v) is 11.4. The Kier molecular flexibility index (Phi) is 6.21. The first-order valence-electron chi connectivity index (χ1n) is 9.64. The molecule has 1 amide bonds. The molecule has 0 radical (unpaired) electrons. The summed E-state index contributed by atoms with van der Waals surface area (Å²) in [5, 5.41) is 12.2. The van der Waals surface area contributed by atoms with Gasteiger partial charge in [-0.05, 0) is 37.5 Å². The Labute approximate surface area is 172 Å². The van der Waals surface area contributed by atoms with Crippen molar-refractivity contribution >= 4 is 34.1 Å². The van der Waals surface area contributed by atoms with E-state index in [1.54, 1.807) is 0 Å². The van der Waals surface area contributed by atoms with Crippen LogP contribution < -0.4 is 14.8 Å². The van der Waals surface area contributed by atoms with Crippen LogP contribution in [0, 0.1) is 0 Å². The highest BCUT2D eigenvalue weighted by Crippen LogP contribution is 2.38. The number of ether oxygens (including phenoxy) is 2. The Balaban J connectivity index is 1.41. The predicted octanol–water partition coefficient (Wildman–Crippen LogP) is 3.59. The fourth-order valence-electron chi connectivity index (χ4n) is 3.50. The lowest BCUT2D eigenvalue weighted by Gasteiger charge is -2.25. The molecule has 3 heterocycles. The number of hydrogen-bond donors (Lipinski definition) is 1. The number of carbonyl (C=O) groups excluding carboxylic acids is 1. The molecule has 0 saturated carbocycles. The third kappa shape index (κ3) is 4.35. The molecule has 2 aliphatic rings. The Morgan fingerprint density at radius 1 is 1.29 bits per heavy atom. The summed E-state index contributed by atoms with van der Waals surface area (Å²) >= 11 is 2.94. The van der Waals surface area contributed by atoms with Crippen LogP contribution in [0.1, 0.15) is 37.8 Å². The van der Waals surface area contributed by atoms with Crippen molar-refractivity contribution in [3.8, 4) is 11.5 Å². The van der Waals surface area contributed by atoms with Gasteiger partial charge in [0.2, 0.25) is 11.0 Å². The van der Waals surface area contributed by atoms with Gasteiger partial charge in [-0.2, -0.15) is 0 Å². The summed E-state index contributed by atoms with van der Waals surface area (Å²) in [7, 11) is 0. The standard InChI is InChI=1S/C19H24N4O3S2/c1-2-20-18-21-22-19(28-18)27-12-17(24)23-8-3-5-14(23)13-6-7-15-16(11-13)26-10-4-9-25-15/h6-7,11,14H,2-5,8-10,12H2,1H3,(H,20,21)/t14-/m0/s1. The zero-order valence-electron chi connectivity index (χ0n) is 15.8. The zero-order chi connectivity index (χ0) is 19.3. The van der Waals surface area contributed by atoms with E-state index < -0.39 is 0 Å². The number of carbonyl (C=O) groups is 1. The number of hydrogen-bond acceptors (Lipinski definition) is 8. The van der Waals surface area contributed by atoms with Crippen LogP contribution in [0.2, 0.25) is 0 Å². The number of fused-ring (bicyclic) bond motifs is 1. The number of aromatic nitrogens is 2. The van der Waals surface area contributed by atoms with Gasteiger partial charge in [-0.1, -0.05) is 29.2 Å². The monoisotopic (exact) mass is 420 g/mol. The minimum absolute atomic E-state index is 0.0944. The second-order valence-corrected chi connectivity index (χ2v) is 8.89. The van der Waals surface area contributed by atoms with E-state index in [1.165, 1.54) is 23.1 Å². The Morgan fingerprint density at radius 3 is 3.00 bits per heavy atom. The van der Waals surface area contributed by atoms with Crippen LogP contribution >= 0.6 is 23.1 Å². The Morgan fingerprint density at radius 2 is 2.14 bits per heavy atom. The molecule has 0 bridgehead atoms. The van der Waals surface area contributed by atoms with Crippen molar-refractivity contribution in [1.82, 2.24) is 15.1 Å². The molecule has 9 heteroatoms. The summed E-state index contributed by atoms with van der Waals surface area (Å²) in [6.45, 7) is 4.96. The van der Waals surface area contributed by atoms with Crippen molar-refractivity contribution in [2.75, 3.05) is 37.4 Å². The maximum absolute atomic E-state index is 12.9. The molecule has 1 saturated heterocycles. The molecule has 1 atom stereocenters. The molecule has 0 unspecified atom stereocenters. The number of amides is 1. The second-order valence-electron chi connectivity index (χ2n) is 6.69. The van der Waals surface area contributed by atoms with Crippen LogP contribution in [0.15, 0.2) is 22.5 Å². The number of nitrogens with one attached hydrogen (secondary N) is 1. The smallest absolute Gasteiger partial charge is 0.233 e. The summed E-state index contributed by atoms with van der Waals surface area (Å²) in [4.78, 5) is 14.9. The molecule has 1 aromatic heterocycles. The van der Waals surface area contributed by atoms with E-state index >= 15 is 0 Å². The number of likely N-dealkylation sites (tertiary alicyclic amines) is 1. The largest absolute Gasteiger partial charge is 0.490 e. The summed E-state index contributed by atoms with van der Waals surface area (Å²) in [5.41, 5.74) is 1.12. The van der Waals surface area contributed by atoms with Crippen molar-refractivity contribution in [2.45, 2.75) is 36.6 Å². The predicted molar refractivity (Wildman–Crippen MR) is 111 cm³/mol. The van der Waals surface area contributed by atoms with Crippen LogP contribution in [0.3, 0.4) is 0 Å². The van der Waals surface area contributed by atoms with Gasteiger partial charge < -0.3 is 19.7 Å². The van der Waals surface area contributed by atoms with E-state index in [0.717, 1.165) is 58.9 Å². The highest BCUT2D eigenvalue weighted by atomic mass is 32.2. The number of anilines is 1. The Bertz CT molecular complexity index is 829. The van der Waals surface area contributed by atoms with Crippen LogP contribution in [-0.4, -0.2) is 53.1 Å². The van der Waals surface area contributed by atoms with Gasteiger partial charge in [0, 0.05) is 19.5 Å². The van der Waals surface area contributed by atoms with Gasteiger partial charge in [0.05, 0.1) is 25.0 Å². The van der Waals surface area contributed by atoms with Gasteiger partial charge in [-0.3, -0.25) is 4.79 Å². The molecule has 4 rings (SSSR count). The number of benzene rings is 1. The van der Waals surface area contributed by atoms with E-state index in [1.807, 2.05) is 24.0 Å². The molecule has 0 spiro atoms. The molecular weight excluding hydrogens is 396 g/mol. The van der Waals surface area contributed by atoms with Gasteiger partial charge in [0.1, 0.15) is 0 Å². The average molecular weight is 421 g/mol. The highest BCUT2D eigenvalue weighted by Gasteiger charge is 2.30. The van der Waals surface area contributed by atoms with Gasteiger partial charge in [-0.25, -0.2) is 0 Å². The van der Waals surface area contributed by atoms with Crippen molar-refractivity contribution in [1.29, 1.82) is 0 Å². The van der Waals surface area contributed by atoms with Crippen molar-refractivity contribution in [3.05, 3.63) is 23.8 Å². The van der Waals surface area contributed by atoms with Crippen molar-refractivity contribution in [2.24, 2.45) is 0 Å². The van der Waals surface area contributed by atoms with E-state index in [2.05, 4.69) is 21.6 Å². The van der Waals surface area contributed by atoms with Gasteiger partial charge in [0.25, 0.3) is 0 Å². The summed E-state index contributed by atoms with van der Waals surface area (Å²) in [5.74, 6) is 2.09. The maximum Gasteiger partial charge on any atom is 0.233 e. The van der Waals surface area contributed by atoms with Crippen LogP contribution in [0.25, 0.3) is 0 Å². The van der Waals surface area contributed by atoms with Crippen LogP contribution in [0.5, 0.6) is 11.5 Å². The van der Waals surface area contributed by atoms with Crippen molar-refractivity contribution < 1.29 is 14.3 Å². The molecular formula is C19H24N4O3S2. The average Bonchev–Trinajstić information content (AvgIpc) is 3.31. The number of rotatable bonds is 6. The minimum Gasteiger partial charge on any atom is -0.490 e. The summed E-state index contributed by atoms with van der Waals surface area (Å²) in [6.07, 6.45) is 2.87. The van der Waals surface area contributed by atoms with Gasteiger partial charge >= 0.3 is 0 Å². The normalized spacial score (nSPS) is 18.8. The topological polar surface area (TPSA) is 76.6 Å². The van der Waals surface area contributed by atoms with E-state index in [9.17, 15) is 4.79 Å². The SMILES string of the molecule is CCNc1nnc(SCC(=O)N2CCC[C@H]2c2ccc3c(c2)OCCCO3)s1. The molecule has 2 aromatic rings. The summed E-state index contributed by atoms with van der Waals surface area (Å²) in [6, 6.07) is 6.16. The van der Waals surface area contributed by atoms with Gasteiger partial charge in [0.15, 0.2) is 15.8 Å². The van der Waals surface area contributed by atoms with E-state index in [-0.39, 0.29) is 11.9 Å². The zero-order valence-corrected chi connectivity index (χ0v) is 17.5. The number of nitrogens with zero attached hydrogens (tertiary/aromatic N) is 3. The van der Waals surface area contributed by atoms with Crippen LogP contribution in [-0.2, 0) is 4.79 Å². The first kappa shape index (κ1) is 19.3. The van der Waals surface area contributed by atoms with Gasteiger partial charge in [-0.15, -0.1) is 10.2 Å². The molecule has 28 heavy (non-hydrogen) atoms. The molecule has 150 valence electrons. The lowest BCUT2D eigenvalue weighted by Crippen LogP contribution is -2.32.